The highest BCUT2D eigenvalue weighted by atomic mass is 32.2. The van der Waals surface area contributed by atoms with Crippen molar-refractivity contribution >= 4 is 15.9 Å². The number of urea groups is 1. The number of rotatable bonds is 5. The van der Waals surface area contributed by atoms with Crippen molar-refractivity contribution in [1.82, 2.24) is 15.1 Å². The van der Waals surface area contributed by atoms with E-state index in [-0.39, 0.29) is 30.5 Å². The highest BCUT2D eigenvalue weighted by Gasteiger charge is 2.32. The molecule has 0 aromatic heterocycles. The second kappa shape index (κ2) is 7.81. The van der Waals surface area contributed by atoms with Gasteiger partial charge in [-0.15, -0.1) is 0 Å². The molecule has 8 heteroatoms. The number of ether oxygens (including phenoxy) is 1. The number of hydrogen-bond donors (Lipinski definition) is 1. The van der Waals surface area contributed by atoms with Gasteiger partial charge in [-0.2, -0.15) is 0 Å². The summed E-state index contributed by atoms with van der Waals surface area (Å²) in [6.45, 7) is 1.70. The van der Waals surface area contributed by atoms with Crippen LogP contribution in [0.4, 0.5) is 4.79 Å². The van der Waals surface area contributed by atoms with Crippen molar-refractivity contribution < 1.29 is 17.9 Å². The van der Waals surface area contributed by atoms with E-state index in [9.17, 15) is 13.2 Å². The highest BCUT2D eigenvalue weighted by Crippen LogP contribution is 2.20. The monoisotopic (exact) mass is 347 g/mol. The Hall–Kier alpha value is -0.860. The first kappa shape index (κ1) is 18.5. The molecule has 2 amide bonds. The Morgan fingerprint density at radius 2 is 2.13 bits per heavy atom. The lowest BCUT2D eigenvalue weighted by Gasteiger charge is -2.27. The molecule has 0 aromatic carbocycles. The summed E-state index contributed by atoms with van der Waals surface area (Å²) in [5.74, 6) is 0.245. The molecule has 1 unspecified atom stereocenters. The van der Waals surface area contributed by atoms with E-state index in [1.807, 2.05) is 7.05 Å². The van der Waals surface area contributed by atoms with Crippen LogP contribution < -0.4 is 5.32 Å². The van der Waals surface area contributed by atoms with Crippen LogP contribution in [0.15, 0.2) is 0 Å². The van der Waals surface area contributed by atoms with Crippen molar-refractivity contribution in [3.63, 3.8) is 0 Å². The van der Waals surface area contributed by atoms with E-state index >= 15 is 0 Å². The summed E-state index contributed by atoms with van der Waals surface area (Å²) in [5, 5.41) is 2.35. The molecule has 3 atom stereocenters. The molecule has 0 saturated carbocycles. The van der Waals surface area contributed by atoms with Gasteiger partial charge in [0.15, 0.2) is 9.84 Å². The summed E-state index contributed by atoms with van der Waals surface area (Å²) in [5.41, 5.74) is 0. The predicted molar refractivity (Wildman–Crippen MR) is 89.3 cm³/mol. The number of carbonyl (C=O) groups excluding carboxylic acids is 1. The van der Waals surface area contributed by atoms with Crippen LogP contribution in [0.3, 0.4) is 0 Å². The van der Waals surface area contributed by atoms with Crippen molar-refractivity contribution in [2.45, 2.75) is 43.1 Å². The molecule has 7 nitrogen and oxygen atoms in total. The van der Waals surface area contributed by atoms with Gasteiger partial charge in [0, 0.05) is 39.8 Å². The summed E-state index contributed by atoms with van der Waals surface area (Å²) in [6.07, 6.45) is 3.42. The average molecular weight is 347 g/mol. The van der Waals surface area contributed by atoms with Gasteiger partial charge >= 0.3 is 6.03 Å². The van der Waals surface area contributed by atoms with Crippen molar-refractivity contribution in [3.8, 4) is 0 Å². The molecule has 23 heavy (non-hydrogen) atoms. The Morgan fingerprint density at radius 3 is 2.74 bits per heavy atom. The molecule has 0 aromatic rings. The number of methoxy groups -OCH3 is 1. The lowest BCUT2D eigenvalue weighted by atomic mass is 10.2. The van der Waals surface area contributed by atoms with Crippen molar-refractivity contribution in [2.75, 3.05) is 46.6 Å². The topological polar surface area (TPSA) is 79.0 Å². The maximum Gasteiger partial charge on any atom is 0.317 e. The summed E-state index contributed by atoms with van der Waals surface area (Å²) in [7, 11) is 2.45. The molecule has 0 spiro atoms. The molecular weight excluding hydrogens is 318 g/mol. The van der Waals surface area contributed by atoms with Gasteiger partial charge in [-0.3, -0.25) is 4.90 Å². The molecule has 2 aliphatic heterocycles. The van der Waals surface area contributed by atoms with Crippen LogP contribution in [0.2, 0.25) is 0 Å². The molecular formula is C15H29N3O4S. The Bertz CT molecular complexity index is 511. The fourth-order valence-electron chi connectivity index (χ4n) is 3.40. The Kier molecular flexibility index (Phi) is 6.27. The van der Waals surface area contributed by atoms with Crippen LogP contribution in [-0.2, 0) is 14.6 Å². The van der Waals surface area contributed by atoms with Gasteiger partial charge in [-0.05, 0) is 26.3 Å². The molecule has 2 heterocycles. The number of likely N-dealkylation sites (tertiary alicyclic amines) is 1. The number of nitrogens with one attached hydrogen (secondary N) is 1. The molecule has 134 valence electrons. The van der Waals surface area contributed by atoms with Crippen LogP contribution in [0.5, 0.6) is 0 Å². The molecule has 1 N–H and O–H groups in total. The van der Waals surface area contributed by atoms with E-state index in [4.69, 9.17) is 4.74 Å². The summed E-state index contributed by atoms with van der Waals surface area (Å²) in [6, 6.07) is 0.0640. The van der Waals surface area contributed by atoms with Crippen LogP contribution in [0, 0.1) is 0 Å². The zero-order valence-corrected chi connectivity index (χ0v) is 15.1. The number of amides is 2. The lowest BCUT2D eigenvalue weighted by Crippen LogP contribution is -2.47. The molecule has 0 radical (unpaired) electrons. The highest BCUT2D eigenvalue weighted by molar-refractivity contribution is 7.92. The Labute approximate surface area is 139 Å². The zero-order valence-electron chi connectivity index (χ0n) is 14.3. The van der Waals surface area contributed by atoms with E-state index in [1.165, 1.54) is 0 Å². The third-order valence-electron chi connectivity index (χ3n) is 5.01. The fraction of sp³-hybridized carbons (Fsp3) is 0.933. The SMILES string of the molecule is CO[C@H]1C[C@@H](CN(C)C(=O)NCC2CCCCS2(=O)=O)N(C)C1. The maximum absolute atomic E-state index is 12.2. The van der Waals surface area contributed by atoms with E-state index in [0.717, 1.165) is 25.8 Å². The number of hydrogen-bond acceptors (Lipinski definition) is 5. The van der Waals surface area contributed by atoms with Gasteiger partial charge in [-0.1, -0.05) is 6.42 Å². The second-order valence-corrected chi connectivity index (χ2v) is 9.14. The quantitative estimate of drug-likeness (QED) is 0.775. The Balaban J connectivity index is 1.79. The number of nitrogens with zero attached hydrogens (tertiary/aromatic N) is 2. The van der Waals surface area contributed by atoms with E-state index in [2.05, 4.69) is 10.2 Å². The summed E-state index contributed by atoms with van der Waals surface area (Å²) < 4.78 is 29.3. The average Bonchev–Trinajstić information content (AvgIpc) is 2.85. The number of sulfone groups is 1. The van der Waals surface area contributed by atoms with Crippen molar-refractivity contribution in [1.29, 1.82) is 0 Å². The minimum atomic E-state index is -3.04. The van der Waals surface area contributed by atoms with Crippen LogP contribution in [0.1, 0.15) is 25.7 Å². The molecule has 0 aliphatic carbocycles. The van der Waals surface area contributed by atoms with E-state index in [1.54, 1.807) is 19.1 Å². The van der Waals surface area contributed by atoms with Gasteiger partial charge in [0.05, 0.1) is 17.1 Å². The van der Waals surface area contributed by atoms with Crippen molar-refractivity contribution in [2.24, 2.45) is 0 Å². The first-order valence-corrected chi connectivity index (χ1v) is 9.98. The minimum Gasteiger partial charge on any atom is -0.380 e. The van der Waals surface area contributed by atoms with Crippen LogP contribution >= 0.6 is 0 Å². The standard InChI is InChI=1S/C15H29N3O4S/c1-17-11-13(22-3)8-12(17)10-18(2)15(19)16-9-14-6-4-5-7-23(14,20)21/h12-14H,4-11H2,1-3H3,(H,16,19)/t12-,13-,14?/m0/s1. The second-order valence-electron chi connectivity index (χ2n) is 6.74. The van der Waals surface area contributed by atoms with Crippen LogP contribution in [0.25, 0.3) is 0 Å². The molecule has 2 aliphatic rings. The van der Waals surface area contributed by atoms with Gasteiger partial charge < -0.3 is 15.0 Å². The van der Waals surface area contributed by atoms with Gasteiger partial charge in [0.25, 0.3) is 0 Å². The zero-order chi connectivity index (χ0) is 17.0. The minimum absolute atomic E-state index is 0.208. The van der Waals surface area contributed by atoms with E-state index < -0.39 is 15.1 Å². The Morgan fingerprint density at radius 1 is 1.39 bits per heavy atom. The lowest BCUT2D eigenvalue weighted by molar-refractivity contribution is 0.111. The first-order valence-electron chi connectivity index (χ1n) is 8.27. The molecule has 0 bridgehead atoms. The molecule has 2 saturated heterocycles. The maximum atomic E-state index is 12.2. The van der Waals surface area contributed by atoms with Gasteiger partial charge in [0.1, 0.15) is 0 Å². The number of likely N-dealkylation sites (N-methyl/N-ethyl adjacent to an activating group) is 2. The third kappa shape index (κ3) is 4.81. The first-order chi connectivity index (χ1) is 10.8. The predicted octanol–water partition coefficient (Wildman–Crippen LogP) is 0.314. The van der Waals surface area contributed by atoms with E-state index in [0.29, 0.717) is 13.0 Å². The smallest absolute Gasteiger partial charge is 0.317 e. The molecule has 2 fully saturated rings. The van der Waals surface area contributed by atoms with Gasteiger partial charge in [-0.25, -0.2) is 13.2 Å². The van der Waals surface area contributed by atoms with Gasteiger partial charge in [0.2, 0.25) is 0 Å². The van der Waals surface area contributed by atoms with Crippen molar-refractivity contribution in [3.05, 3.63) is 0 Å². The largest absolute Gasteiger partial charge is 0.380 e. The summed E-state index contributed by atoms with van der Waals surface area (Å²) in [4.78, 5) is 16.0. The normalized spacial score (nSPS) is 31.0. The third-order valence-corrected chi connectivity index (χ3v) is 7.28. The fourth-order valence-corrected chi connectivity index (χ4v) is 5.20. The van der Waals surface area contributed by atoms with Crippen LogP contribution in [-0.4, -0.2) is 88.2 Å². The molecule has 2 rings (SSSR count). The number of carbonyl (C=O) groups is 1. The summed E-state index contributed by atoms with van der Waals surface area (Å²) >= 11 is 0.